The Morgan fingerprint density at radius 2 is 1.89 bits per heavy atom. The number of hydrogen-bond donors (Lipinski definition) is 0. The van der Waals surface area contributed by atoms with Crippen molar-refractivity contribution in [3.05, 3.63) is 51.4 Å². The lowest BCUT2D eigenvalue weighted by atomic mass is 10.2. The summed E-state index contributed by atoms with van der Waals surface area (Å²) in [5.74, 6) is 0.881. The Hall–Kier alpha value is -1.32. The van der Waals surface area contributed by atoms with E-state index in [9.17, 15) is 0 Å². The summed E-state index contributed by atoms with van der Waals surface area (Å²) in [7, 11) is 1.99. The molecule has 0 aliphatic heterocycles. The highest BCUT2D eigenvalue weighted by molar-refractivity contribution is 6.42. The highest BCUT2D eigenvalue weighted by atomic mass is 35.5. The molecule has 0 aliphatic rings. The quantitative estimate of drug-likeness (QED) is 0.856. The number of aromatic nitrogens is 2. The minimum absolute atomic E-state index is 0.569. The van der Waals surface area contributed by atoms with E-state index in [0.717, 1.165) is 22.8 Å². The monoisotopic (exact) mass is 295 g/mol. The molecule has 0 unspecified atom stereocenters. The van der Waals surface area contributed by atoms with Gasteiger partial charge in [-0.2, -0.15) is 0 Å². The summed E-state index contributed by atoms with van der Waals surface area (Å²) < 4.78 is 0. The SMILES string of the molecule is Cc1cnc(C)c(N(C)Cc2ccc(Cl)c(Cl)c2)n1. The Morgan fingerprint density at radius 3 is 2.58 bits per heavy atom. The first kappa shape index (κ1) is 14.1. The fourth-order valence-corrected chi connectivity index (χ4v) is 2.19. The van der Waals surface area contributed by atoms with E-state index in [4.69, 9.17) is 23.2 Å². The van der Waals surface area contributed by atoms with Crippen LogP contribution in [0.2, 0.25) is 10.0 Å². The lowest BCUT2D eigenvalue weighted by Gasteiger charge is -2.20. The molecule has 5 heteroatoms. The van der Waals surface area contributed by atoms with Crippen molar-refractivity contribution in [3.63, 3.8) is 0 Å². The Kier molecular flexibility index (Phi) is 4.27. The number of aryl methyl sites for hydroxylation is 2. The van der Waals surface area contributed by atoms with E-state index in [1.54, 1.807) is 6.20 Å². The van der Waals surface area contributed by atoms with Crippen LogP contribution in [0.4, 0.5) is 5.82 Å². The highest BCUT2D eigenvalue weighted by Gasteiger charge is 2.09. The Balaban J connectivity index is 2.22. The molecule has 0 saturated heterocycles. The summed E-state index contributed by atoms with van der Waals surface area (Å²) in [5.41, 5.74) is 2.90. The second kappa shape index (κ2) is 5.76. The van der Waals surface area contributed by atoms with Crippen LogP contribution >= 0.6 is 23.2 Å². The van der Waals surface area contributed by atoms with Gasteiger partial charge in [-0.15, -0.1) is 0 Å². The van der Waals surface area contributed by atoms with Gasteiger partial charge in [-0.3, -0.25) is 4.98 Å². The summed E-state index contributed by atoms with van der Waals surface area (Å²) in [6.07, 6.45) is 1.77. The van der Waals surface area contributed by atoms with Gasteiger partial charge in [0.2, 0.25) is 0 Å². The van der Waals surface area contributed by atoms with Gasteiger partial charge in [0.15, 0.2) is 0 Å². The van der Waals surface area contributed by atoms with E-state index in [1.807, 2.05) is 39.1 Å². The molecule has 1 aromatic heterocycles. The molecule has 1 heterocycles. The van der Waals surface area contributed by atoms with Gasteiger partial charge in [-0.05, 0) is 31.5 Å². The maximum atomic E-state index is 6.02. The van der Waals surface area contributed by atoms with Gasteiger partial charge in [-0.25, -0.2) is 4.98 Å². The molecule has 0 bridgehead atoms. The van der Waals surface area contributed by atoms with Crippen LogP contribution < -0.4 is 4.90 Å². The first-order valence-corrected chi connectivity index (χ1v) is 6.68. The van der Waals surface area contributed by atoms with Crippen molar-refractivity contribution in [2.75, 3.05) is 11.9 Å². The van der Waals surface area contributed by atoms with Crippen LogP contribution in [0.1, 0.15) is 17.0 Å². The van der Waals surface area contributed by atoms with Crippen molar-refractivity contribution >= 4 is 29.0 Å². The van der Waals surface area contributed by atoms with Crippen LogP contribution in [0.5, 0.6) is 0 Å². The van der Waals surface area contributed by atoms with E-state index in [1.165, 1.54) is 0 Å². The number of anilines is 1. The lowest BCUT2D eigenvalue weighted by molar-refractivity contribution is 0.869. The molecule has 19 heavy (non-hydrogen) atoms. The third-order valence-corrected chi connectivity index (χ3v) is 3.56. The minimum Gasteiger partial charge on any atom is -0.354 e. The van der Waals surface area contributed by atoms with Gasteiger partial charge in [0, 0.05) is 19.8 Å². The Labute approximate surface area is 123 Å². The topological polar surface area (TPSA) is 29.0 Å². The third-order valence-electron chi connectivity index (χ3n) is 2.82. The van der Waals surface area contributed by atoms with E-state index in [-0.39, 0.29) is 0 Å². The summed E-state index contributed by atoms with van der Waals surface area (Å²) in [6, 6.07) is 5.64. The largest absolute Gasteiger partial charge is 0.354 e. The smallest absolute Gasteiger partial charge is 0.150 e. The normalized spacial score (nSPS) is 10.6. The number of hydrogen-bond acceptors (Lipinski definition) is 3. The zero-order valence-corrected chi connectivity index (χ0v) is 12.6. The van der Waals surface area contributed by atoms with Gasteiger partial charge < -0.3 is 4.90 Å². The van der Waals surface area contributed by atoms with Crippen molar-refractivity contribution < 1.29 is 0 Å². The first-order chi connectivity index (χ1) is 8.97. The number of benzene rings is 1. The molecule has 2 rings (SSSR count). The molecular formula is C14H15Cl2N3. The second-order valence-corrected chi connectivity index (χ2v) is 5.34. The number of halogens is 2. The summed E-state index contributed by atoms with van der Waals surface area (Å²) >= 11 is 11.9. The molecule has 0 fully saturated rings. The predicted molar refractivity (Wildman–Crippen MR) is 80.1 cm³/mol. The molecular weight excluding hydrogens is 281 g/mol. The highest BCUT2D eigenvalue weighted by Crippen LogP contribution is 2.24. The van der Waals surface area contributed by atoms with Crippen molar-refractivity contribution in [3.8, 4) is 0 Å². The molecule has 0 amide bonds. The molecule has 0 N–H and O–H groups in total. The predicted octanol–water partition coefficient (Wildman–Crippen LogP) is 4.04. The second-order valence-electron chi connectivity index (χ2n) is 4.52. The lowest BCUT2D eigenvalue weighted by Crippen LogP contribution is -2.19. The zero-order valence-electron chi connectivity index (χ0n) is 11.1. The van der Waals surface area contributed by atoms with E-state index in [0.29, 0.717) is 16.6 Å². The third kappa shape index (κ3) is 3.37. The van der Waals surface area contributed by atoms with Crippen LogP contribution in [0, 0.1) is 13.8 Å². The van der Waals surface area contributed by atoms with E-state index < -0.39 is 0 Å². The summed E-state index contributed by atoms with van der Waals surface area (Å²) in [5, 5.41) is 1.14. The standard InChI is InChI=1S/C14H15Cl2N3/c1-9-7-17-10(2)14(18-9)19(3)8-11-4-5-12(15)13(16)6-11/h4-7H,8H2,1-3H3. The Bertz CT molecular complexity index is 599. The molecule has 0 saturated carbocycles. The van der Waals surface area contributed by atoms with Crippen molar-refractivity contribution in [1.29, 1.82) is 0 Å². The van der Waals surface area contributed by atoms with Crippen LogP contribution in [-0.4, -0.2) is 17.0 Å². The van der Waals surface area contributed by atoms with Crippen LogP contribution in [0.3, 0.4) is 0 Å². The molecule has 100 valence electrons. The van der Waals surface area contributed by atoms with Crippen LogP contribution in [0.15, 0.2) is 24.4 Å². The first-order valence-electron chi connectivity index (χ1n) is 5.92. The molecule has 0 aliphatic carbocycles. The molecule has 0 atom stereocenters. The Morgan fingerprint density at radius 1 is 1.16 bits per heavy atom. The van der Waals surface area contributed by atoms with Crippen molar-refractivity contribution in [2.45, 2.75) is 20.4 Å². The van der Waals surface area contributed by atoms with Gasteiger partial charge in [-0.1, -0.05) is 29.3 Å². The molecule has 0 spiro atoms. The van der Waals surface area contributed by atoms with Crippen LogP contribution in [0.25, 0.3) is 0 Å². The number of rotatable bonds is 3. The fourth-order valence-electron chi connectivity index (χ4n) is 1.87. The zero-order chi connectivity index (χ0) is 14.0. The van der Waals surface area contributed by atoms with Gasteiger partial charge >= 0.3 is 0 Å². The van der Waals surface area contributed by atoms with Crippen molar-refractivity contribution in [2.24, 2.45) is 0 Å². The molecule has 2 aromatic rings. The summed E-state index contributed by atoms with van der Waals surface area (Å²) in [4.78, 5) is 10.9. The maximum absolute atomic E-state index is 6.02. The fraction of sp³-hybridized carbons (Fsp3) is 0.286. The average molecular weight is 296 g/mol. The van der Waals surface area contributed by atoms with Crippen LogP contribution in [-0.2, 0) is 6.54 Å². The van der Waals surface area contributed by atoms with E-state index in [2.05, 4.69) is 14.9 Å². The summed E-state index contributed by atoms with van der Waals surface area (Å²) in [6.45, 7) is 4.59. The minimum atomic E-state index is 0.569. The van der Waals surface area contributed by atoms with Crippen molar-refractivity contribution in [1.82, 2.24) is 9.97 Å². The maximum Gasteiger partial charge on any atom is 0.150 e. The molecule has 0 radical (unpaired) electrons. The average Bonchev–Trinajstić information content (AvgIpc) is 2.36. The molecule has 3 nitrogen and oxygen atoms in total. The van der Waals surface area contributed by atoms with Gasteiger partial charge in [0.25, 0.3) is 0 Å². The number of nitrogens with zero attached hydrogens (tertiary/aromatic N) is 3. The van der Waals surface area contributed by atoms with Gasteiger partial charge in [0.05, 0.1) is 21.4 Å². The van der Waals surface area contributed by atoms with Gasteiger partial charge in [0.1, 0.15) is 5.82 Å². The molecule has 1 aromatic carbocycles. The van der Waals surface area contributed by atoms with E-state index >= 15 is 0 Å².